The van der Waals surface area contributed by atoms with Gasteiger partial charge in [-0.1, -0.05) is 0 Å². The van der Waals surface area contributed by atoms with E-state index in [1.54, 1.807) is 13.1 Å². The Morgan fingerprint density at radius 3 is 2.49 bits per heavy atom. The van der Waals surface area contributed by atoms with Crippen LogP contribution in [0.4, 0.5) is 11.6 Å². The molecule has 1 aliphatic heterocycles. The molecule has 3 rings (SSSR count). The van der Waals surface area contributed by atoms with Crippen LogP contribution < -0.4 is 5.32 Å². The first-order valence-electron chi connectivity index (χ1n) is 9.08. The van der Waals surface area contributed by atoms with Crippen molar-refractivity contribution in [2.75, 3.05) is 19.0 Å². The molecule has 0 aliphatic carbocycles. The van der Waals surface area contributed by atoms with Crippen LogP contribution in [0.5, 0.6) is 0 Å². The summed E-state index contributed by atoms with van der Waals surface area (Å²) in [5, 5.41) is 27.1. The number of rotatable bonds is 10. The highest BCUT2D eigenvalue weighted by Crippen LogP contribution is 2.66. The number of aliphatic hydroxyl groups is 2. The van der Waals surface area contributed by atoms with Gasteiger partial charge in [-0.25, -0.2) is 23.7 Å². The quantitative estimate of drug-likeness (QED) is 0.0892. The van der Waals surface area contributed by atoms with Crippen LogP contribution in [0.15, 0.2) is 17.4 Å². The second-order valence-electron chi connectivity index (χ2n) is 6.69. The lowest BCUT2D eigenvalue weighted by molar-refractivity contribution is -0.0495. The van der Waals surface area contributed by atoms with Crippen molar-refractivity contribution in [2.45, 2.75) is 24.5 Å². The molecule has 0 saturated carbocycles. The molecule has 7 N–H and O–H groups in total. The van der Waals surface area contributed by atoms with Crippen molar-refractivity contribution in [3.05, 3.63) is 22.7 Å². The first kappa shape index (κ1) is 27.6. The number of phosphoric acid groups is 3. The molecule has 0 bridgehead atoms. The maximum absolute atomic E-state index is 11.9. The van der Waals surface area contributed by atoms with Crippen molar-refractivity contribution in [2.24, 2.45) is 5.11 Å². The van der Waals surface area contributed by atoms with Crippen molar-refractivity contribution in [3.8, 4) is 0 Å². The number of phosphoric ester groups is 1. The van der Waals surface area contributed by atoms with Gasteiger partial charge < -0.3 is 39.8 Å². The number of hydrogen-bond donors (Lipinski definition) is 7. The molecule has 23 heteroatoms. The second kappa shape index (κ2) is 10.2. The molecule has 6 unspecified atom stereocenters. The Labute approximate surface area is 194 Å². The fourth-order valence-corrected chi connectivity index (χ4v) is 6.11. The van der Waals surface area contributed by atoms with Gasteiger partial charge in [-0.3, -0.25) is 9.09 Å². The average Bonchev–Trinajstić information content (AvgIpc) is 3.21. The lowest BCUT2D eigenvalue weighted by Gasteiger charge is -2.19. The second-order valence-corrected chi connectivity index (χ2v) is 11.1. The predicted octanol–water partition coefficient (Wildman–Crippen LogP) is 0.377. The van der Waals surface area contributed by atoms with Gasteiger partial charge in [0, 0.05) is 18.2 Å². The van der Waals surface area contributed by atoms with Gasteiger partial charge in [0.15, 0.2) is 11.9 Å². The highest BCUT2D eigenvalue weighted by Gasteiger charge is 2.47. The summed E-state index contributed by atoms with van der Waals surface area (Å²) in [6, 6.07) is 1.56. The van der Waals surface area contributed by atoms with E-state index in [0.29, 0.717) is 5.69 Å². The van der Waals surface area contributed by atoms with Crippen molar-refractivity contribution in [1.29, 1.82) is 0 Å². The number of imidazole rings is 1. The van der Waals surface area contributed by atoms with E-state index in [-0.39, 0.29) is 17.1 Å². The van der Waals surface area contributed by atoms with Gasteiger partial charge in [0.25, 0.3) is 0 Å². The zero-order valence-electron chi connectivity index (χ0n) is 17.2. The third-order valence-corrected chi connectivity index (χ3v) is 8.18. The van der Waals surface area contributed by atoms with Crippen LogP contribution in [0.25, 0.3) is 21.6 Å². The largest absolute Gasteiger partial charge is 0.490 e. The monoisotopic (exact) mass is 561 g/mol. The molecular formula is C12H18N7O13P3. The number of hydrogen-bond acceptors (Lipinski definition) is 13. The van der Waals surface area contributed by atoms with E-state index in [9.17, 15) is 33.7 Å². The lowest BCUT2D eigenvalue weighted by Crippen LogP contribution is -2.33. The minimum Gasteiger partial charge on any atom is -0.387 e. The molecule has 2 aromatic heterocycles. The summed E-state index contributed by atoms with van der Waals surface area (Å²) < 4.78 is 52.2. The highest BCUT2D eigenvalue weighted by atomic mass is 31.3. The van der Waals surface area contributed by atoms with Gasteiger partial charge in [-0.2, -0.15) is 8.62 Å². The molecule has 0 amide bonds. The number of fused-ring (bicyclic) bond motifs is 1. The smallest absolute Gasteiger partial charge is 0.387 e. The molecule has 2 aromatic rings. The normalized spacial score (nSPS) is 26.1. The number of nitrogens with one attached hydrogen (secondary N) is 1. The SMILES string of the molecule is CNc1ccnc2c1nc(N=[N+]=[N-])n2C1OC(COP(=O)(O)OP(=O)(O)OP(=O)(O)O)C(O)C1O. The number of azide groups is 1. The van der Waals surface area contributed by atoms with E-state index < -0.39 is 54.6 Å². The Hall–Kier alpha value is -1.98. The fraction of sp³-hybridized carbons (Fsp3) is 0.500. The summed E-state index contributed by atoms with van der Waals surface area (Å²) in [5.74, 6) is -0.303. The Morgan fingerprint density at radius 1 is 1.20 bits per heavy atom. The topological polar surface area (TPSA) is 301 Å². The number of aliphatic hydroxyl groups excluding tert-OH is 2. The first-order chi connectivity index (χ1) is 16.2. The summed E-state index contributed by atoms with van der Waals surface area (Å²) in [7, 11) is -15.3. The van der Waals surface area contributed by atoms with E-state index in [1.807, 2.05) is 0 Å². The Bertz CT molecular complexity index is 1290. The van der Waals surface area contributed by atoms with E-state index in [2.05, 4.69) is 38.5 Å². The van der Waals surface area contributed by atoms with Crippen LogP contribution in [-0.2, 0) is 31.6 Å². The van der Waals surface area contributed by atoms with Crippen molar-refractivity contribution < 1.29 is 61.4 Å². The van der Waals surface area contributed by atoms with E-state index >= 15 is 0 Å². The molecule has 194 valence electrons. The number of anilines is 1. The summed E-state index contributed by atoms with van der Waals surface area (Å²) in [4.78, 5) is 46.7. The van der Waals surface area contributed by atoms with Crippen molar-refractivity contribution >= 4 is 46.3 Å². The molecule has 3 heterocycles. The third-order valence-electron chi connectivity index (χ3n) is 4.37. The molecule has 0 spiro atoms. The van der Waals surface area contributed by atoms with Crippen LogP contribution in [0.1, 0.15) is 6.23 Å². The molecule has 0 aromatic carbocycles. The lowest BCUT2D eigenvalue weighted by atomic mass is 10.1. The minimum absolute atomic E-state index is 0.0732. The fourth-order valence-electron chi connectivity index (χ4n) is 3.08. The predicted molar refractivity (Wildman–Crippen MR) is 112 cm³/mol. The van der Waals surface area contributed by atoms with Gasteiger partial charge in [0.1, 0.15) is 23.8 Å². The van der Waals surface area contributed by atoms with E-state index in [1.165, 1.54) is 6.20 Å². The summed E-state index contributed by atoms with van der Waals surface area (Å²) in [6.45, 7) is -1.03. The van der Waals surface area contributed by atoms with Crippen LogP contribution >= 0.6 is 23.5 Å². The van der Waals surface area contributed by atoms with Gasteiger partial charge >= 0.3 is 23.5 Å². The van der Waals surface area contributed by atoms with Crippen LogP contribution in [0.3, 0.4) is 0 Å². The Balaban J connectivity index is 1.82. The molecule has 1 saturated heterocycles. The van der Waals surface area contributed by atoms with Crippen molar-refractivity contribution in [1.82, 2.24) is 14.5 Å². The van der Waals surface area contributed by atoms with Crippen LogP contribution in [-0.4, -0.2) is 76.3 Å². The summed E-state index contributed by atoms with van der Waals surface area (Å²) in [5.41, 5.74) is 9.63. The van der Waals surface area contributed by atoms with Crippen molar-refractivity contribution in [3.63, 3.8) is 0 Å². The standard InChI is InChI=1S/C12H18N7O13P3/c1-14-5-2-3-15-10-7(5)16-12(17-18-13)19(10)11-9(21)8(20)6(30-11)4-29-34(25,26)32-35(27,28)31-33(22,23)24/h2-3,6,8-9,11,20-21H,4H2,1H3,(H,14,15)(H,25,26)(H,27,28)(H2,22,23,24). The number of nitrogens with zero attached hydrogens (tertiary/aromatic N) is 6. The average molecular weight is 561 g/mol. The molecule has 6 atom stereocenters. The zero-order valence-corrected chi connectivity index (χ0v) is 19.9. The highest BCUT2D eigenvalue weighted by molar-refractivity contribution is 7.66. The number of pyridine rings is 1. The summed E-state index contributed by atoms with van der Waals surface area (Å²) in [6.07, 6.45) is -5.21. The maximum atomic E-state index is 11.9. The number of ether oxygens (including phenoxy) is 1. The molecule has 1 aliphatic rings. The van der Waals surface area contributed by atoms with Crippen LogP contribution in [0.2, 0.25) is 0 Å². The van der Waals surface area contributed by atoms with Gasteiger partial charge in [-0.05, 0) is 16.7 Å². The molecule has 35 heavy (non-hydrogen) atoms. The molecule has 0 radical (unpaired) electrons. The zero-order chi connectivity index (χ0) is 26.2. The van der Waals surface area contributed by atoms with Gasteiger partial charge in [-0.15, -0.1) is 0 Å². The number of aromatic nitrogens is 3. The molecule has 1 fully saturated rings. The minimum atomic E-state index is -5.75. The molecular weight excluding hydrogens is 543 g/mol. The molecule has 20 nitrogen and oxygen atoms in total. The van der Waals surface area contributed by atoms with E-state index in [0.717, 1.165) is 4.57 Å². The van der Waals surface area contributed by atoms with E-state index in [4.69, 9.17) is 20.1 Å². The van der Waals surface area contributed by atoms with Gasteiger partial charge in [0.2, 0.25) is 5.95 Å². The van der Waals surface area contributed by atoms with Gasteiger partial charge in [0.05, 0.1) is 12.3 Å². The maximum Gasteiger partial charge on any atom is 0.490 e. The van der Waals surface area contributed by atoms with Crippen LogP contribution in [0, 0.1) is 0 Å². The Kier molecular flexibility index (Phi) is 8.03. The third kappa shape index (κ3) is 6.42. The summed E-state index contributed by atoms with van der Waals surface area (Å²) >= 11 is 0. The first-order valence-corrected chi connectivity index (χ1v) is 13.6. The Morgan fingerprint density at radius 2 is 1.89 bits per heavy atom.